The third kappa shape index (κ3) is 4.21. The Morgan fingerprint density at radius 2 is 2.03 bits per heavy atom. The van der Waals surface area contributed by atoms with Crippen LogP contribution in [0.4, 0.5) is 0 Å². The molecule has 2 aliphatic rings. The topological polar surface area (TPSA) is 101 Å². The summed E-state index contributed by atoms with van der Waals surface area (Å²) in [4.78, 5) is 23.6. The summed E-state index contributed by atoms with van der Waals surface area (Å²) in [6.45, 7) is 1.57. The maximum Gasteiger partial charge on any atom is 0.227 e. The minimum Gasteiger partial charge on any atom is -0.342 e. The van der Waals surface area contributed by atoms with Gasteiger partial charge in [0.15, 0.2) is 5.82 Å². The molecule has 1 aliphatic carbocycles. The number of likely N-dealkylation sites (tertiary alicyclic amines) is 1. The first-order valence-electron chi connectivity index (χ1n) is 10.3. The first-order chi connectivity index (χ1) is 14.2. The summed E-state index contributed by atoms with van der Waals surface area (Å²) in [5.74, 6) is 4.11. The summed E-state index contributed by atoms with van der Waals surface area (Å²) in [5, 5.41) is 11.4. The Hall–Kier alpha value is -3.03. The summed E-state index contributed by atoms with van der Waals surface area (Å²) in [6, 6.07) is 9.69. The van der Waals surface area contributed by atoms with Crippen LogP contribution in [0.25, 0.3) is 11.4 Å². The summed E-state index contributed by atoms with van der Waals surface area (Å²) < 4.78 is 5.31. The molecule has 2 fully saturated rings. The van der Waals surface area contributed by atoms with Gasteiger partial charge in [0.2, 0.25) is 17.6 Å². The molecule has 1 aromatic carbocycles. The van der Waals surface area contributed by atoms with E-state index in [0.29, 0.717) is 36.4 Å². The number of carbonyl (C=O) groups excluding carboxylic acids is 1. The highest BCUT2D eigenvalue weighted by atomic mass is 16.5. The minimum atomic E-state index is 0.142. The van der Waals surface area contributed by atoms with Gasteiger partial charge in [-0.05, 0) is 25.2 Å². The second-order valence-electron chi connectivity index (χ2n) is 7.99. The molecule has 0 bridgehead atoms. The average molecular weight is 392 g/mol. The van der Waals surface area contributed by atoms with Crippen LogP contribution in [0.1, 0.15) is 49.1 Å². The van der Waals surface area contributed by atoms with Crippen LogP contribution in [-0.4, -0.2) is 49.2 Å². The third-order valence-corrected chi connectivity index (χ3v) is 5.66. The van der Waals surface area contributed by atoms with E-state index < -0.39 is 0 Å². The smallest absolute Gasteiger partial charge is 0.227 e. The van der Waals surface area contributed by atoms with Gasteiger partial charge in [-0.15, -0.1) is 0 Å². The molecule has 8 heteroatoms. The summed E-state index contributed by atoms with van der Waals surface area (Å²) in [7, 11) is 0. The van der Waals surface area contributed by atoms with E-state index in [2.05, 4.69) is 25.3 Å². The largest absolute Gasteiger partial charge is 0.342 e. The molecule has 3 heterocycles. The second kappa shape index (κ2) is 7.77. The van der Waals surface area contributed by atoms with Crippen LogP contribution in [0.3, 0.4) is 0 Å². The van der Waals surface area contributed by atoms with Crippen LogP contribution >= 0.6 is 0 Å². The number of amides is 1. The van der Waals surface area contributed by atoms with Crippen molar-refractivity contribution >= 4 is 5.91 Å². The predicted octanol–water partition coefficient (Wildman–Crippen LogP) is 2.76. The zero-order valence-electron chi connectivity index (χ0n) is 16.3. The summed E-state index contributed by atoms with van der Waals surface area (Å²) in [6.07, 6.45) is 5.12. The molecule has 0 spiro atoms. The quantitative estimate of drug-likeness (QED) is 0.663. The fraction of sp³-hybridized carbons (Fsp3) is 0.476. The SMILES string of the molecule is O=C(CCc1nc(-c2ccccc2)no1)N1CCC(Cc2nc(C3CC3)n[nH]2)C1. The molecule has 1 amide bonds. The lowest BCUT2D eigenvalue weighted by molar-refractivity contribution is -0.130. The number of nitrogens with zero attached hydrogens (tertiary/aromatic N) is 5. The molecule has 3 aromatic rings. The van der Waals surface area contributed by atoms with E-state index in [9.17, 15) is 4.79 Å². The van der Waals surface area contributed by atoms with Crippen LogP contribution in [-0.2, 0) is 17.6 Å². The van der Waals surface area contributed by atoms with E-state index in [4.69, 9.17) is 4.52 Å². The molecule has 1 N–H and O–H groups in total. The molecule has 150 valence electrons. The highest BCUT2D eigenvalue weighted by molar-refractivity contribution is 5.76. The summed E-state index contributed by atoms with van der Waals surface area (Å²) in [5.41, 5.74) is 0.911. The van der Waals surface area contributed by atoms with Gasteiger partial charge in [0.1, 0.15) is 5.82 Å². The van der Waals surface area contributed by atoms with Crippen molar-refractivity contribution in [3.63, 3.8) is 0 Å². The molecule has 1 aliphatic heterocycles. The zero-order valence-corrected chi connectivity index (χ0v) is 16.3. The Labute approximate surface area is 168 Å². The van der Waals surface area contributed by atoms with E-state index in [1.807, 2.05) is 35.2 Å². The third-order valence-electron chi connectivity index (χ3n) is 5.66. The first-order valence-corrected chi connectivity index (χ1v) is 10.3. The van der Waals surface area contributed by atoms with E-state index in [0.717, 1.165) is 43.1 Å². The van der Waals surface area contributed by atoms with Crippen LogP contribution in [0.5, 0.6) is 0 Å². The molecule has 1 atom stereocenters. The first kappa shape index (κ1) is 18.0. The van der Waals surface area contributed by atoms with Crippen molar-refractivity contribution < 1.29 is 9.32 Å². The number of rotatable bonds is 7. The molecule has 0 radical (unpaired) electrons. The van der Waals surface area contributed by atoms with Crippen molar-refractivity contribution in [1.82, 2.24) is 30.2 Å². The van der Waals surface area contributed by atoms with Gasteiger partial charge in [0, 0.05) is 43.8 Å². The van der Waals surface area contributed by atoms with Crippen molar-refractivity contribution in [1.29, 1.82) is 0 Å². The normalized spacial score (nSPS) is 19.0. The van der Waals surface area contributed by atoms with Gasteiger partial charge in [0.05, 0.1) is 0 Å². The Balaban J connectivity index is 1.10. The molecular weight excluding hydrogens is 368 g/mol. The number of aromatic nitrogens is 5. The van der Waals surface area contributed by atoms with Gasteiger partial charge in [0.25, 0.3) is 0 Å². The fourth-order valence-electron chi connectivity index (χ4n) is 3.86. The molecule has 2 aromatic heterocycles. The highest BCUT2D eigenvalue weighted by Gasteiger charge is 2.30. The molecule has 8 nitrogen and oxygen atoms in total. The lowest BCUT2D eigenvalue weighted by atomic mass is 10.1. The highest BCUT2D eigenvalue weighted by Crippen LogP contribution is 2.37. The number of carbonyl (C=O) groups is 1. The van der Waals surface area contributed by atoms with E-state index >= 15 is 0 Å². The molecule has 29 heavy (non-hydrogen) atoms. The Morgan fingerprint density at radius 3 is 2.86 bits per heavy atom. The fourth-order valence-corrected chi connectivity index (χ4v) is 3.86. The van der Waals surface area contributed by atoms with Crippen LogP contribution < -0.4 is 0 Å². The van der Waals surface area contributed by atoms with E-state index in [1.54, 1.807) is 0 Å². The molecule has 1 unspecified atom stereocenters. The Morgan fingerprint density at radius 1 is 1.17 bits per heavy atom. The van der Waals surface area contributed by atoms with Crippen LogP contribution in [0.15, 0.2) is 34.9 Å². The van der Waals surface area contributed by atoms with E-state index in [1.165, 1.54) is 12.8 Å². The number of aromatic amines is 1. The lowest BCUT2D eigenvalue weighted by Crippen LogP contribution is -2.29. The standard InChI is InChI=1S/C21H24N6O2/c28-19(9-8-18-23-21(26-29-18)15-4-2-1-3-5-15)27-11-10-14(13-27)12-17-22-20(25-24-17)16-6-7-16/h1-5,14,16H,6-13H2,(H,22,24,25). The number of H-pyrrole nitrogens is 1. The van der Waals surface area contributed by atoms with Crippen molar-refractivity contribution in [2.45, 2.75) is 44.4 Å². The lowest BCUT2D eigenvalue weighted by Gasteiger charge is -2.15. The maximum absolute atomic E-state index is 12.6. The predicted molar refractivity (Wildman–Crippen MR) is 105 cm³/mol. The van der Waals surface area contributed by atoms with Crippen LogP contribution in [0.2, 0.25) is 0 Å². The van der Waals surface area contributed by atoms with Crippen molar-refractivity contribution in [2.75, 3.05) is 13.1 Å². The number of aryl methyl sites for hydroxylation is 1. The Kier molecular flexibility index (Phi) is 4.83. The van der Waals surface area contributed by atoms with Gasteiger partial charge in [-0.1, -0.05) is 35.5 Å². The van der Waals surface area contributed by atoms with Gasteiger partial charge in [-0.2, -0.15) is 10.1 Å². The van der Waals surface area contributed by atoms with Crippen molar-refractivity contribution in [3.8, 4) is 11.4 Å². The van der Waals surface area contributed by atoms with Gasteiger partial charge < -0.3 is 9.42 Å². The maximum atomic E-state index is 12.6. The monoisotopic (exact) mass is 392 g/mol. The van der Waals surface area contributed by atoms with Gasteiger partial charge >= 0.3 is 0 Å². The van der Waals surface area contributed by atoms with Crippen molar-refractivity contribution in [3.05, 3.63) is 47.9 Å². The second-order valence-corrected chi connectivity index (χ2v) is 7.99. The number of hydrogen-bond acceptors (Lipinski definition) is 6. The summed E-state index contributed by atoms with van der Waals surface area (Å²) >= 11 is 0. The van der Waals surface area contributed by atoms with E-state index in [-0.39, 0.29) is 5.91 Å². The Bertz CT molecular complexity index is 978. The minimum absolute atomic E-state index is 0.142. The van der Waals surface area contributed by atoms with Gasteiger partial charge in [-0.25, -0.2) is 4.98 Å². The number of hydrogen-bond donors (Lipinski definition) is 1. The average Bonchev–Trinajstić information content (AvgIpc) is 3.13. The molecule has 1 saturated carbocycles. The van der Waals surface area contributed by atoms with Gasteiger partial charge in [-0.3, -0.25) is 9.89 Å². The van der Waals surface area contributed by atoms with Crippen LogP contribution in [0, 0.1) is 5.92 Å². The van der Waals surface area contributed by atoms with Crippen molar-refractivity contribution in [2.24, 2.45) is 5.92 Å². The zero-order chi connectivity index (χ0) is 19.6. The molecule has 5 rings (SSSR count). The number of benzene rings is 1. The molecular formula is C21H24N6O2. The molecule has 1 saturated heterocycles. The number of nitrogens with one attached hydrogen (secondary N) is 1.